The molecule has 3 nitrogen and oxygen atoms in total. The molecule has 1 unspecified atom stereocenters. The topological polar surface area (TPSA) is 55.5 Å². The molecule has 3 heteroatoms. The first-order chi connectivity index (χ1) is 10.0. The summed E-state index contributed by atoms with van der Waals surface area (Å²) in [6.07, 6.45) is 0.831. The average Bonchev–Trinajstić information content (AvgIpc) is 2.49. The average molecular weight is 285 g/mol. The number of aromatic hydroxyl groups is 1. The number of rotatable bonds is 5. The summed E-state index contributed by atoms with van der Waals surface area (Å²) in [4.78, 5) is 0. The van der Waals surface area contributed by atoms with Crippen molar-refractivity contribution >= 4 is 0 Å². The minimum absolute atomic E-state index is 0.164. The molecule has 0 aliphatic carbocycles. The van der Waals surface area contributed by atoms with E-state index in [-0.39, 0.29) is 11.7 Å². The van der Waals surface area contributed by atoms with Crippen molar-refractivity contribution in [3.63, 3.8) is 0 Å². The van der Waals surface area contributed by atoms with Gasteiger partial charge in [-0.3, -0.25) is 0 Å². The molecule has 0 aliphatic heterocycles. The molecule has 0 radical (unpaired) electrons. The van der Waals surface area contributed by atoms with Crippen LogP contribution >= 0.6 is 0 Å². The molecule has 0 saturated carbocycles. The Bertz CT molecular complexity index is 623. The predicted octanol–water partition coefficient (Wildman–Crippen LogP) is 3.30. The fraction of sp³-hybridized carbons (Fsp3) is 0.333. The Hall–Kier alpha value is -2.00. The van der Waals surface area contributed by atoms with Gasteiger partial charge in [0.2, 0.25) is 0 Å². The second kappa shape index (κ2) is 6.64. The molecular weight excluding hydrogens is 262 g/mol. The molecule has 0 aromatic heterocycles. The molecule has 0 heterocycles. The van der Waals surface area contributed by atoms with Gasteiger partial charge in [-0.25, -0.2) is 0 Å². The van der Waals surface area contributed by atoms with Gasteiger partial charge in [0.1, 0.15) is 0 Å². The molecule has 3 N–H and O–H groups in total. The maximum absolute atomic E-state index is 9.67. The van der Waals surface area contributed by atoms with Gasteiger partial charge in [-0.15, -0.1) is 0 Å². The Morgan fingerprint density at radius 3 is 2.57 bits per heavy atom. The van der Waals surface area contributed by atoms with Crippen LogP contribution in [0.2, 0.25) is 0 Å². The van der Waals surface area contributed by atoms with E-state index in [2.05, 4.69) is 32.0 Å². The fourth-order valence-corrected chi connectivity index (χ4v) is 2.65. The predicted molar refractivity (Wildman–Crippen MR) is 86.1 cm³/mol. The summed E-state index contributed by atoms with van der Waals surface area (Å²) in [5, 5.41) is 9.67. The summed E-state index contributed by atoms with van der Waals surface area (Å²) < 4.78 is 5.17. The number of hydrogen-bond acceptors (Lipinski definition) is 3. The van der Waals surface area contributed by atoms with E-state index in [1.807, 2.05) is 12.1 Å². The zero-order valence-electron chi connectivity index (χ0n) is 12.9. The normalized spacial score (nSPS) is 12.2. The van der Waals surface area contributed by atoms with E-state index in [9.17, 15) is 5.11 Å². The smallest absolute Gasteiger partial charge is 0.160 e. The minimum atomic E-state index is 0.164. The molecule has 112 valence electrons. The number of phenolic OH excluding ortho intramolecular Hbond substituents is 1. The fourth-order valence-electron chi connectivity index (χ4n) is 2.65. The van der Waals surface area contributed by atoms with E-state index in [1.54, 1.807) is 13.2 Å². The highest BCUT2D eigenvalue weighted by atomic mass is 16.5. The molecule has 0 aliphatic rings. The van der Waals surface area contributed by atoms with E-state index in [0.29, 0.717) is 12.3 Å². The lowest BCUT2D eigenvalue weighted by molar-refractivity contribution is 0.373. The van der Waals surface area contributed by atoms with E-state index in [1.165, 1.54) is 16.7 Å². The van der Waals surface area contributed by atoms with Crippen molar-refractivity contribution in [3.8, 4) is 11.5 Å². The van der Waals surface area contributed by atoms with Crippen molar-refractivity contribution in [1.29, 1.82) is 0 Å². The highest BCUT2D eigenvalue weighted by Gasteiger charge is 2.14. The maximum atomic E-state index is 9.67. The first-order valence-corrected chi connectivity index (χ1v) is 7.18. The van der Waals surface area contributed by atoms with Crippen LogP contribution in [0.3, 0.4) is 0 Å². The summed E-state index contributed by atoms with van der Waals surface area (Å²) in [5.41, 5.74) is 10.9. The standard InChI is InChI=1S/C18H23NO2/c1-12-4-5-13(2)16(8-12)15(11-19)9-14-6-7-17(20)18(10-14)21-3/h4-8,10,15,20H,9,11,19H2,1-3H3. The third-order valence-corrected chi connectivity index (χ3v) is 3.89. The van der Waals surface area contributed by atoms with Crippen LogP contribution in [0.1, 0.15) is 28.2 Å². The second-order valence-electron chi connectivity index (χ2n) is 5.50. The van der Waals surface area contributed by atoms with Gasteiger partial charge in [0.15, 0.2) is 11.5 Å². The molecule has 2 aromatic carbocycles. The van der Waals surface area contributed by atoms with Crippen LogP contribution in [0.4, 0.5) is 0 Å². The molecule has 2 aromatic rings. The van der Waals surface area contributed by atoms with Crippen LogP contribution in [0.25, 0.3) is 0 Å². The lowest BCUT2D eigenvalue weighted by Gasteiger charge is -2.19. The number of ether oxygens (including phenoxy) is 1. The third-order valence-electron chi connectivity index (χ3n) is 3.89. The van der Waals surface area contributed by atoms with E-state index in [4.69, 9.17) is 10.5 Å². The zero-order valence-corrected chi connectivity index (χ0v) is 12.9. The van der Waals surface area contributed by atoms with Gasteiger partial charge in [-0.05, 0) is 55.6 Å². The van der Waals surface area contributed by atoms with Crippen LogP contribution in [0.15, 0.2) is 36.4 Å². The summed E-state index contributed by atoms with van der Waals surface area (Å²) >= 11 is 0. The first kappa shape index (κ1) is 15.4. The molecular formula is C18H23NO2. The zero-order chi connectivity index (χ0) is 15.4. The van der Waals surface area contributed by atoms with Crippen LogP contribution < -0.4 is 10.5 Å². The van der Waals surface area contributed by atoms with E-state index < -0.39 is 0 Å². The van der Waals surface area contributed by atoms with Crippen molar-refractivity contribution in [3.05, 3.63) is 58.7 Å². The third kappa shape index (κ3) is 3.56. The summed E-state index contributed by atoms with van der Waals surface area (Å²) in [5.74, 6) is 0.931. The van der Waals surface area contributed by atoms with Crippen molar-refractivity contribution in [1.82, 2.24) is 0 Å². The Morgan fingerprint density at radius 2 is 1.90 bits per heavy atom. The van der Waals surface area contributed by atoms with Gasteiger partial charge in [0, 0.05) is 5.92 Å². The SMILES string of the molecule is COc1cc(CC(CN)c2cc(C)ccc2C)ccc1O. The Morgan fingerprint density at radius 1 is 1.14 bits per heavy atom. The van der Waals surface area contributed by atoms with Gasteiger partial charge in [-0.1, -0.05) is 29.8 Å². The number of phenols is 1. The Kier molecular flexibility index (Phi) is 4.86. The van der Waals surface area contributed by atoms with Crippen LogP contribution in [-0.4, -0.2) is 18.8 Å². The number of nitrogens with two attached hydrogens (primary N) is 1. The minimum Gasteiger partial charge on any atom is -0.504 e. The molecule has 0 fully saturated rings. The molecule has 0 bridgehead atoms. The van der Waals surface area contributed by atoms with Gasteiger partial charge in [-0.2, -0.15) is 0 Å². The van der Waals surface area contributed by atoms with Crippen molar-refractivity contribution < 1.29 is 9.84 Å². The number of benzene rings is 2. The molecule has 1 atom stereocenters. The quantitative estimate of drug-likeness (QED) is 0.886. The van der Waals surface area contributed by atoms with Crippen LogP contribution in [0.5, 0.6) is 11.5 Å². The van der Waals surface area contributed by atoms with Crippen molar-refractivity contribution in [2.75, 3.05) is 13.7 Å². The first-order valence-electron chi connectivity index (χ1n) is 7.18. The molecule has 0 saturated heterocycles. The van der Waals surface area contributed by atoms with Crippen molar-refractivity contribution in [2.45, 2.75) is 26.2 Å². The van der Waals surface area contributed by atoms with Gasteiger partial charge in [0.05, 0.1) is 7.11 Å². The van der Waals surface area contributed by atoms with E-state index in [0.717, 1.165) is 12.0 Å². The Balaban J connectivity index is 2.29. The number of aryl methyl sites for hydroxylation is 2. The summed E-state index contributed by atoms with van der Waals surface area (Å²) in [6, 6.07) is 11.9. The van der Waals surface area contributed by atoms with Crippen LogP contribution in [-0.2, 0) is 6.42 Å². The maximum Gasteiger partial charge on any atom is 0.160 e. The lowest BCUT2D eigenvalue weighted by Crippen LogP contribution is -2.16. The van der Waals surface area contributed by atoms with E-state index >= 15 is 0 Å². The largest absolute Gasteiger partial charge is 0.504 e. The van der Waals surface area contributed by atoms with Gasteiger partial charge < -0.3 is 15.6 Å². The number of hydrogen-bond donors (Lipinski definition) is 2. The van der Waals surface area contributed by atoms with Gasteiger partial charge in [0.25, 0.3) is 0 Å². The molecule has 0 spiro atoms. The highest BCUT2D eigenvalue weighted by molar-refractivity contribution is 5.43. The monoisotopic (exact) mass is 285 g/mol. The van der Waals surface area contributed by atoms with Crippen molar-refractivity contribution in [2.24, 2.45) is 5.73 Å². The summed E-state index contributed by atoms with van der Waals surface area (Å²) in [6.45, 7) is 4.81. The van der Waals surface area contributed by atoms with Gasteiger partial charge >= 0.3 is 0 Å². The number of methoxy groups -OCH3 is 1. The Labute approximate surface area is 126 Å². The second-order valence-corrected chi connectivity index (χ2v) is 5.50. The molecule has 0 amide bonds. The molecule has 2 rings (SSSR count). The summed E-state index contributed by atoms with van der Waals surface area (Å²) in [7, 11) is 1.56. The lowest BCUT2D eigenvalue weighted by atomic mass is 9.88. The van der Waals surface area contributed by atoms with Crippen LogP contribution in [0, 0.1) is 13.8 Å². The molecule has 21 heavy (non-hydrogen) atoms. The highest BCUT2D eigenvalue weighted by Crippen LogP contribution is 2.30.